The number of nitrogens with zero attached hydrogens (tertiary/aromatic N) is 1. The number of hydrogen-bond acceptors (Lipinski definition) is 4. The molecule has 100 valence electrons. The number of aromatic nitrogens is 1. The van der Waals surface area contributed by atoms with Crippen molar-refractivity contribution in [2.24, 2.45) is 0 Å². The number of rotatable bonds is 4. The highest BCUT2D eigenvalue weighted by atomic mass is 35.5. The summed E-state index contributed by atoms with van der Waals surface area (Å²) in [6.45, 7) is -0.0728. The number of halogens is 2. The van der Waals surface area contributed by atoms with Gasteiger partial charge in [-0.25, -0.2) is 4.98 Å². The Morgan fingerprint density at radius 3 is 2.63 bits per heavy atom. The van der Waals surface area contributed by atoms with Gasteiger partial charge in [-0.3, -0.25) is 0 Å². The fourth-order valence-electron chi connectivity index (χ4n) is 1.48. The van der Waals surface area contributed by atoms with Gasteiger partial charge >= 0.3 is 0 Å². The molecule has 1 aromatic carbocycles. The molecule has 0 aliphatic carbocycles. The van der Waals surface area contributed by atoms with Crippen molar-refractivity contribution >= 4 is 23.2 Å². The van der Waals surface area contributed by atoms with Crippen LogP contribution in [0.25, 0.3) is 0 Å². The summed E-state index contributed by atoms with van der Waals surface area (Å²) in [6, 6.07) is 6.62. The van der Waals surface area contributed by atoms with Crippen LogP contribution >= 0.6 is 23.2 Å². The van der Waals surface area contributed by atoms with Gasteiger partial charge in [-0.05, 0) is 23.8 Å². The molecule has 2 rings (SSSR count). The van der Waals surface area contributed by atoms with Crippen molar-refractivity contribution in [2.75, 3.05) is 7.11 Å². The van der Waals surface area contributed by atoms with E-state index in [9.17, 15) is 0 Å². The van der Waals surface area contributed by atoms with Crippen molar-refractivity contribution in [1.82, 2.24) is 4.98 Å². The molecule has 0 spiro atoms. The summed E-state index contributed by atoms with van der Waals surface area (Å²) >= 11 is 11.7. The van der Waals surface area contributed by atoms with E-state index in [1.54, 1.807) is 24.3 Å². The smallest absolute Gasteiger partial charge is 0.238 e. The highest BCUT2D eigenvalue weighted by Crippen LogP contribution is 2.35. The molecule has 0 fully saturated rings. The van der Waals surface area contributed by atoms with E-state index in [1.807, 2.05) is 0 Å². The zero-order chi connectivity index (χ0) is 13.8. The summed E-state index contributed by atoms with van der Waals surface area (Å²) in [5.41, 5.74) is 0.722. The zero-order valence-electron chi connectivity index (χ0n) is 10.1. The maximum Gasteiger partial charge on any atom is 0.238 e. The lowest BCUT2D eigenvalue weighted by Gasteiger charge is -2.11. The van der Waals surface area contributed by atoms with E-state index in [-0.39, 0.29) is 12.5 Å². The Labute approximate surface area is 120 Å². The standard InChI is InChI=1S/C13H11Cl2NO3/c1-18-12-4-8(7-17)2-3-11(12)19-13-10(15)5-9(14)6-16-13/h2-6,17H,7H2,1H3. The first-order valence-corrected chi connectivity index (χ1v) is 6.16. The van der Waals surface area contributed by atoms with E-state index in [1.165, 1.54) is 13.3 Å². The predicted octanol–water partition coefficient (Wildman–Crippen LogP) is 3.68. The molecule has 0 unspecified atom stereocenters. The predicted molar refractivity (Wildman–Crippen MR) is 73.2 cm³/mol. The lowest BCUT2D eigenvalue weighted by Crippen LogP contribution is -1.94. The molecule has 0 saturated heterocycles. The van der Waals surface area contributed by atoms with Crippen LogP contribution in [0.15, 0.2) is 30.5 Å². The zero-order valence-corrected chi connectivity index (χ0v) is 11.6. The second-order valence-electron chi connectivity index (χ2n) is 3.69. The first-order valence-electron chi connectivity index (χ1n) is 5.40. The third-order valence-electron chi connectivity index (χ3n) is 2.39. The molecule has 0 amide bonds. The Bertz CT molecular complexity index is 590. The summed E-state index contributed by atoms with van der Waals surface area (Å²) in [4.78, 5) is 4.00. The maximum absolute atomic E-state index is 9.07. The topological polar surface area (TPSA) is 51.6 Å². The normalized spacial score (nSPS) is 10.3. The molecule has 4 nitrogen and oxygen atoms in total. The van der Waals surface area contributed by atoms with Gasteiger partial charge in [0.25, 0.3) is 0 Å². The fourth-order valence-corrected chi connectivity index (χ4v) is 1.89. The molecule has 1 heterocycles. The monoisotopic (exact) mass is 299 g/mol. The van der Waals surface area contributed by atoms with Crippen molar-refractivity contribution in [3.8, 4) is 17.4 Å². The molecule has 0 aliphatic rings. The third kappa shape index (κ3) is 3.29. The Morgan fingerprint density at radius 2 is 2.00 bits per heavy atom. The molecule has 6 heteroatoms. The number of benzene rings is 1. The van der Waals surface area contributed by atoms with Gasteiger partial charge < -0.3 is 14.6 Å². The average Bonchev–Trinajstić information content (AvgIpc) is 2.42. The van der Waals surface area contributed by atoms with Crippen molar-refractivity contribution in [3.63, 3.8) is 0 Å². The van der Waals surface area contributed by atoms with Gasteiger partial charge in [0.15, 0.2) is 11.5 Å². The third-order valence-corrected chi connectivity index (χ3v) is 2.87. The van der Waals surface area contributed by atoms with Crippen molar-refractivity contribution in [2.45, 2.75) is 6.61 Å². The number of hydrogen-bond donors (Lipinski definition) is 1. The molecule has 0 radical (unpaired) electrons. The Morgan fingerprint density at radius 1 is 1.21 bits per heavy atom. The quantitative estimate of drug-likeness (QED) is 0.935. The lowest BCUT2D eigenvalue weighted by atomic mass is 10.2. The molecule has 2 aromatic rings. The summed E-state index contributed by atoms with van der Waals surface area (Å²) in [5, 5.41) is 9.81. The van der Waals surface area contributed by atoms with E-state index in [2.05, 4.69) is 4.98 Å². The molecule has 1 N–H and O–H groups in total. The second-order valence-corrected chi connectivity index (χ2v) is 4.53. The highest BCUT2D eigenvalue weighted by molar-refractivity contribution is 6.35. The van der Waals surface area contributed by atoms with Gasteiger partial charge in [0.05, 0.1) is 18.7 Å². The Balaban J connectivity index is 2.32. The second kappa shape index (κ2) is 6.10. The number of aliphatic hydroxyl groups excluding tert-OH is 1. The van der Waals surface area contributed by atoms with E-state index >= 15 is 0 Å². The van der Waals surface area contributed by atoms with E-state index in [0.29, 0.717) is 21.5 Å². The Hall–Kier alpha value is -1.49. The largest absolute Gasteiger partial charge is 0.493 e. The van der Waals surface area contributed by atoms with Crippen LogP contribution in [0.1, 0.15) is 5.56 Å². The molecular weight excluding hydrogens is 289 g/mol. The van der Waals surface area contributed by atoms with Crippen LogP contribution in [0, 0.1) is 0 Å². The van der Waals surface area contributed by atoms with Gasteiger partial charge in [0, 0.05) is 6.20 Å². The van der Waals surface area contributed by atoms with Crippen molar-refractivity contribution < 1.29 is 14.6 Å². The summed E-state index contributed by atoms with van der Waals surface area (Å²) in [6.07, 6.45) is 1.44. The van der Waals surface area contributed by atoms with Crippen LogP contribution in [-0.2, 0) is 6.61 Å². The maximum atomic E-state index is 9.07. The van der Waals surface area contributed by atoms with Crippen molar-refractivity contribution in [1.29, 1.82) is 0 Å². The minimum atomic E-state index is -0.0728. The first kappa shape index (κ1) is 13.9. The molecule has 0 atom stereocenters. The van der Waals surface area contributed by atoms with E-state index in [4.69, 9.17) is 37.8 Å². The SMILES string of the molecule is COc1cc(CO)ccc1Oc1ncc(Cl)cc1Cl. The molecule has 0 saturated carbocycles. The van der Waals surface area contributed by atoms with Crippen LogP contribution in [-0.4, -0.2) is 17.2 Å². The molecular formula is C13H11Cl2NO3. The highest BCUT2D eigenvalue weighted by Gasteiger charge is 2.10. The average molecular weight is 300 g/mol. The number of methoxy groups -OCH3 is 1. The molecule has 19 heavy (non-hydrogen) atoms. The summed E-state index contributed by atoms with van der Waals surface area (Å²) in [5.74, 6) is 1.18. The van der Waals surface area contributed by atoms with Gasteiger partial charge in [0.1, 0.15) is 5.02 Å². The summed E-state index contributed by atoms with van der Waals surface area (Å²) < 4.78 is 10.8. The Kier molecular flexibility index (Phi) is 4.47. The van der Waals surface area contributed by atoms with Gasteiger partial charge in [0.2, 0.25) is 5.88 Å². The fraction of sp³-hybridized carbons (Fsp3) is 0.154. The minimum Gasteiger partial charge on any atom is -0.493 e. The molecule has 1 aromatic heterocycles. The van der Waals surface area contributed by atoms with Crippen LogP contribution in [0.3, 0.4) is 0 Å². The number of ether oxygens (including phenoxy) is 2. The molecule has 0 aliphatic heterocycles. The first-order chi connectivity index (χ1) is 9.13. The molecule has 0 bridgehead atoms. The minimum absolute atomic E-state index is 0.0728. The number of aliphatic hydroxyl groups is 1. The van der Waals surface area contributed by atoms with Crippen LogP contribution in [0.5, 0.6) is 17.4 Å². The lowest BCUT2D eigenvalue weighted by molar-refractivity contribution is 0.280. The van der Waals surface area contributed by atoms with E-state index in [0.717, 1.165) is 5.56 Å². The van der Waals surface area contributed by atoms with Gasteiger partial charge in [-0.1, -0.05) is 29.3 Å². The number of pyridine rings is 1. The van der Waals surface area contributed by atoms with E-state index < -0.39 is 0 Å². The van der Waals surface area contributed by atoms with Crippen LogP contribution < -0.4 is 9.47 Å². The van der Waals surface area contributed by atoms with Crippen molar-refractivity contribution in [3.05, 3.63) is 46.1 Å². The summed E-state index contributed by atoms with van der Waals surface area (Å²) in [7, 11) is 1.51. The van der Waals surface area contributed by atoms with Crippen LogP contribution in [0.2, 0.25) is 10.0 Å². The van der Waals surface area contributed by atoms with Gasteiger partial charge in [-0.2, -0.15) is 0 Å². The van der Waals surface area contributed by atoms with Crippen LogP contribution in [0.4, 0.5) is 0 Å². The van der Waals surface area contributed by atoms with Gasteiger partial charge in [-0.15, -0.1) is 0 Å².